The Morgan fingerprint density at radius 3 is 2.82 bits per heavy atom. The minimum absolute atomic E-state index is 0.455. The number of halogens is 1. The molecule has 0 amide bonds. The molecule has 1 saturated carbocycles. The lowest BCUT2D eigenvalue weighted by molar-refractivity contribution is 0.362. The van der Waals surface area contributed by atoms with E-state index in [-0.39, 0.29) is 0 Å². The van der Waals surface area contributed by atoms with Gasteiger partial charge in [0.2, 0.25) is 0 Å². The molecule has 3 heterocycles. The molecule has 3 fully saturated rings. The number of fused-ring (bicyclic) bond motifs is 1. The molecule has 146 valence electrons. The van der Waals surface area contributed by atoms with Crippen LogP contribution in [0.2, 0.25) is 5.02 Å². The summed E-state index contributed by atoms with van der Waals surface area (Å²) in [5.74, 6) is 2.82. The van der Waals surface area contributed by atoms with Crippen LogP contribution in [0.5, 0.6) is 0 Å². The number of rotatable bonds is 3. The van der Waals surface area contributed by atoms with E-state index in [0.29, 0.717) is 27.7 Å². The summed E-state index contributed by atoms with van der Waals surface area (Å²) in [4.78, 5) is 17.1. The number of piperazine rings is 1. The highest BCUT2D eigenvalue weighted by atomic mass is 35.5. The standard InChI is InChI=1S/C19H22ClN7S/c20-12-3-4-14-13(9-12)17(23-16-10-15(25-26-16)11-1-2-11)24-18(22-14)19(28)27-7-5-21-6-8-27/h3-4,9,11,15,21,25H,1-2,5-8,10H2,(H,22,23,24,26). The Labute approximate surface area is 173 Å². The Balaban J connectivity index is 1.52. The third-order valence-electron chi connectivity index (χ3n) is 5.48. The molecule has 1 aromatic carbocycles. The summed E-state index contributed by atoms with van der Waals surface area (Å²) < 4.78 is 0. The van der Waals surface area contributed by atoms with Crippen LogP contribution in [0.1, 0.15) is 25.1 Å². The lowest BCUT2D eigenvalue weighted by atomic mass is 10.1. The van der Waals surface area contributed by atoms with Gasteiger partial charge in [-0.2, -0.15) is 0 Å². The van der Waals surface area contributed by atoms with Crippen molar-refractivity contribution < 1.29 is 0 Å². The average molecular weight is 416 g/mol. The number of nitrogens with one attached hydrogen (secondary N) is 3. The van der Waals surface area contributed by atoms with Gasteiger partial charge in [0.1, 0.15) is 10.8 Å². The molecule has 1 aromatic heterocycles. The van der Waals surface area contributed by atoms with E-state index in [9.17, 15) is 0 Å². The van der Waals surface area contributed by atoms with Crippen molar-refractivity contribution in [3.63, 3.8) is 0 Å². The van der Waals surface area contributed by atoms with Gasteiger partial charge in [-0.05, 0) is 37.0 Å². The summed E-state index contributed by atoms with van der Waals surface area (Å²) in [5.41, 5.74) is 7.37. The predicted octanol–water partition coefficient (Wildman–Crippen LogP) is 2.17. The molecule has 28 heavy (non-hydrogen) atoms. The van der Waals surface area contributed by atoms with Gasteiger partial charge >= 0.3 is 0 Å². The summed E-state index contributed by atoms with van der Waals surface area (Å²) in [6, 6.07) is 6.07. The van der Waals surface area contributed by atoms with E-state index in [0.717, 1.165) is 55.3 Å². The first-order valence-corrected chi connectivity index (χ1v) is 10.5. The van der Waals surface area contributed by atoms with Gasteiger partial charge in [-0.3, -0.25) is 0 Å². The lowest BCUT2D eigenvalue weighted by Crippen LogP contribution is -2.46. The summed E-state index contributed by atoms with van der Waals surface area (Å²) in [7, 11) is 0. The lowest BCUT2D eigenvalue weighted by Gasteiger charge is -2.29. The summed E-state index contributed by atoms with van der Waals surface area (Å²) in [5, 5.41) is 4.82. The number of aliphatic imine (C=N–C) groups is 1. The Hall–Kier alpha value is -1.87. The Bertz CT molecular complexity index is 953. The molecule has 1 unspecified atom stereocenters. The maximum atomic E-state index is 6.23. The number of nitrogens with zero attached hydrogens (tertiary/aromatic N) is 4. The van der Waals surface area contributed by atoms with Crippen molar-refractivity contribution in [3.8, 4) is 0 Å². The van der Waals surface area contributed by atoms with Crippen LogP contribution < -0.4 is 16.2 Å². The second-order valence-electron chi connectivity index (χ2n) is 7.55. The van der Waals surface area contributed by atoms with Gasteiger partial charge < -0.3 is 15.6 Å². The van der Waals surface area contributed by atoms with E-state index < -0.39 is 0 Å². The van der Waals surface area contributed by atoms with Crippen LogP contribution in [0.25, 0.3) is 10.9 Å². The third kappa shape index (κ3) is 3.69. The number of hydrogen-bond acceptors (Lipinski definition) is 6. The Kier molecular flexibility index (Phi) is 4.88. The molecule has 9 heteroatoms. The van der Waals surface area contributed by atoms with Crippen molar-refractivity contribution in [2.75, 3.05) is 26.2 Å². The largest absolute Gasteiger partial charge is 0.357 e. The highest BCUT2D eigenvalue weighted by molar-refractivity contribution is 7.80. The quantitative estimate of drug-likeness (QED) is 0.663. The van der Waals surface area contributed by atoms with E-state index in [1.54, 1.807) is 0 Å². The number of benzene rings is 1. The first kappa shape index (κ1) is 18.2. The van der Waals surface area contributed by atoms with Crippen molar-refractivity contribution >= 4 is 51.4 Å². The zero-order chi connectivity index (χ0) is 19.1. The van der Waals surface area contributed by atoms with Gasteiger partial charge in [-0.1, -0.05) is 23.8 Å². The molecule has 3 aliphatic rings. The fourth-order valence-electron chi connectivity index (χ4n) is 3.75. The van der Waals surface area contributed by atoms with Gasteiger partial charge in [-0.25, -0.2) is 20.4 Å². The van der Waals surface area contributed by atoms with Crippen LogP contribution in [0.15, 0.2) is 23.2 Å². The predicted molar refractivity (Wildman–Crippen MR) is 115 cm³/mol. The van der Waals surface area contributed by atoms with Gasteiger partial charge in [-0.15, -0.1) is 0 Å². The molecule has 3 N–H and O–H groups in total. The van der Waals surface area contributed by atoms with Crippen LogP contribution in [0.4, 0.5) is 5.82 Å². The molecule has 7 nitrogen and oxygen atoms in total. The van der Waals surface area contributed by atoms with E-state index in [1.165, 1.54) is 12.8 Å². The van der Waals surface area contributed by atoms with Gasteiger partial charge in [0.05, 0.1) is 5.52 Å². The Morgan fingerprint density at radius 1 is 1.21 bits per heavy atom. The summed E-state index contributed by atoms with van der Waals surface area (Å²) in [6.07, 6.45) is 3.47. The van der Waals surface area contributed by atoms with Crippen molar-refractivity contribution in [2.45, 2.75) is 25.3 Å². The maximum absolute atomic E-state index is 6.23. The molecule has 2 aliphatic heterocycles. The van der Waals surface area contributed by atoms with Crippen molar-refractivity contribution in [1.29, 1.82) is 0 Å². The first-order chi connectivity index (χ1) is 13.7. The van der Waals surface area contributed by atoms with E-state index >= 15 is 0 Å². The maximum Gasteiger partial charge on any atom is 0.189 e. The molecule has 2 saturated heterocycles. The SMILES string of the molecule is S=C(c1nc(N=C2CC(C3CC3)NN2)c2cc(Cl)ccc2n1)N1CCNCC1. The van der Waals surface area contributed by atoms with Crippen molar-refractivity contribution in [1.82, 2.24) is 31.0 Å². The van der Waals surface area contributed by atoms with Crippen LogP contribution in [0.3, 0.4) is 0 Å². The number of hydrazine groups is 1. The monoisotopic (exact) mass is 415 g/mol. The molecule has 1 atom stereocenters. The second-order valence-corrected chi connectivity index (χ2v) is 8.37. The van der Waals surface area contributed by atoms with E-state index in [4.69, 9.17) is 38.8 Å². The Morgan fingerprint density at radius 2 is 2.04 bits per heavy atom. The smallest absolute Gasteiger partial charge is 0.189 e. The van der Waals surface area contributed by atoms with Crippen LogP contribution in [0, 0.1) is 5.92 Å². The molecule has 5 rings (SSSR count). The molecule has 0 spiro atoms. The zero-order valence-corrected chi connectivity index (χ0v) is 17.0. The van der Waals surface area contributed by atoms with Crippen molar-refractivity contribution in [2.24, 2.45) is 10.9 Å². The van der Waals surface area contributed by atoms with Gasteiger partial charge in [0.25, 0.3) is 0 Å². The molecule has 1 aliphatic carbocycles. The van der Waals surface area contributed by atoms with Crippen LogP contribution in [-0.4, -0.2) is 57.9 Å². The molecular formula is C19H22ClN7S. The molecular weight excluding hydrogens is 394 g/mol. The van der Waals surface area contributed by atoms with E-state index in [1.807, 2.05) is 18.2 Å². The fraction of sp³-hybridized carbons (Fsp3) is 0.474. The number of amidine groups is 1. The van der Waals surface area contributed by atoms with Gasteiger partial charge in [0.15, 0.2) is 11.6 Å². The third-order valence-corrected chi connectivity index (χ3v) is 6.16. The van der Waals surface area contributed by atoms with Gasteiger partial charge in [0, 0.05) is 49.1 Å². The number of hydrogen-bond donors (Lipinski definition) is 3. The highest BCUT2D eigenvalue weighted by Crippen LogP contribution is 2.35. The zero-order valence-electron chi connectivity index (χ0n) is 15.4. The minimum Gasteiger partial charge on any atom is -0.357 e. The van der Waals surface area contributed by atoms with Crippen LogP contribution in [-0.2, 0) is 0 Å². The number of thiocarbonyl (C=S) groups is 1. The second kappa shape index (κ2) is 7.51. The molecule has 2 aromatic rings. The van der Waals surface area contributed by atoms with E-state index in [2.05, 4.69) is 21.1 Å². The summed E-state index contributed by atoms with van der Waals surface area (Å²) in [6.45, 7) is 3.55. The summed E-state index contributed by atoms with van der Waals surface area (Å²) >= 11 is 11.9. The molecule has 0 bridgehead atoms. The topological polar surface area (TPSA) is 77.5 Å². The normalized spacial score (nSPS) is 24.0. The number of aromatic nitrogens is 2. The average Bonchev–Trinajstić information content (AvgIpc) is 3.47. The van der Waals surface area contributed by atoms with Crippen LogP contribution >= 0.6 is 23.8 Å². The first-order valence-electron chi connectivity index (χ1n) is 9.74. The highest BCUT2D eigenvalue weighted by Gasteiger charge is 2.35. The molecule has 0 radical (unpaired) electrons. The van der Waals surface area contributed by atoms with Crippen molar-refractivity contribution in [3.05, 3.63) is 29.0 Å². The fourth-order valence-corrected chi connectivity index (χ4v) is 4.19. The minimum atomic E-state index is 0.455.